The van der Waals surface area contributed by atoms with Gasteiger partial charge in [-0.3, -0.25) is 0 Å². The van der Waals surface area contributed by atoms with Crippen LogP contribution in [0, 0.1) is 17.8 Å². The lowest BCUT2D eigenvalue weighted by atomic mass is 10.0. The number of hydrogen-bond acceptors (Lipinski definition) is 1. The molecule has 2 heteroatoms. The first-order chi connectivity index (χ1) is 5.79. The lowest BCUT2D eigenvalue weighted by molar-refractivity contribution is -0.130. The predicted octanol–water partition coefficient (Wildman–Crippen LogP) is 2.04. The molecule has 0 spiro atoms. The van der Waals surface area contributed by atoms with Gasteiger partial charge in [0.25, 0.3) is 0 Å². The third-order valence-corrected chi connectivity index (χ3v) is 2.35. The zero-order chi connectivity index (χ0) is 8.81. The fourth-order valence-corrected chi connectivity index (χ4v) is 1.71. The van der Waals surface area contributed by atoms with Crippen molar-refractivity contribution in [3.8, 4) is 11.8 Å². The summed E-state index contributed by atoms with van der Waals surface area (Å²) in [4.78, 5) is 10.0. The Morgan fingerprint density at radius 3 is 2.67 bits per heavy atom. The monoisotopic (exact) mass is 166 g/mol. The maximum Gasteiger partial charge on any atom is 0.381 e. The van der Waals surface area contributed by atoms with E-state index in [1.165, 1.54) is 25.7 Å². The highest BCUT2D eigenvalue weighted by Crippen LogP contribution is 2.28. The van der Waals surface area contributed by atoms with E-state index in [1.807, 2.05) is 0 Å². The van der Waals surface area contributed by atoms with E-state index in [9.17, 15) is 4.79 Å². The van der Waals surface area contributed by atoms with Gasteiger partial charge < -0.3 is 5.11 Å². The minimum Gasteiger partial charge on any atom is -0.472 e. The third-order valence-electron chi connectivity index (χ3n) is 2.35. The number of carbonyl (C=O) groups is 1. The molecule has 0 aromatic rings. The molecule has 0 radical (unpaired) electrons. The molecule has 0 aromatic heterocycles. The van der Waals surface area contributed by atoms with Crippen LogP contribution in [-0.2, 0) is 4.79 Å². The summed E-state index contributed by atoms with van der Waals surface area (Å²) in [6.45, 7) is 0. The molecule has 12 heavy (non-hydrogen) atoms. The second kappa shape index (κ2) is 4.82. The van der Waals surface area contributed by atoms with Gasteiger partial charge in [-0.1, -0.05) is 31.6 Å². The van der Waals surface area contributed by atoms with Crippen molar-refractivity contribution in [1.82, 2.24) is 0 Å². The van der Waals surface area contributed by atoms with Gasteiger partial charge in [0.1, 0.15) is 0 Å². The Bertz CT molecular complexity index is 204. The molecule has 1 saturated carbocycles. The van der Waals surface area contributed by atoms with Gasteiger partial charge in [0.05, 0.1) is 0 Å². The molecule has 0 amide bonds. The van der Waals surface area contributed by atoms with E-state index in [4.69, 9.17) is 5.11 Å². The molecule has 1 aliphatic carbocycles. The summed E-state index contributed by atoms with van der Waals surface area (Å²) in [5, 5.41) is 8.23. The van der Waals surface area contributed by atoms with Crippen molar-refractivity contribution in [2.75, 3.05) is 0 Å². The number of rotatable bonds is 2. The second-order valence-electron chi connectivity index (χ2n) is 3.30. The lowest BCUT2D eigenvalue weighted by Crippen LogP contribution is -1.92. The molecular formula is C10H14O2. The number of hydrogen-bond donors (Lipinski definition) is 1. The Kier molecular flexibility index (Phi) is 3.66. The Labute approximate surface area is 73.0 Å². The highest BCUT2D eigenvalue weighted by atomic mass is 16.4. The molecule has 0 saturated heterocycles. The molecule has 0 atom stereocenters. The van der Waals surface area contributed by atoms with E-state index in [2.05, 4.69) is 11.8 Å². The van der Waals surface area contributed by atoms with Crippen LogP contribution in [0.4, 0.5) is 0 Å². The third kappa shape index (κ3) is 3.43. The van der Waals surface area contributed by atoms with Crippen LogP contribution in [0.25, 0.3) is 0 Å². The summed E-state index contributed by atoms with van der Waals surface area (Å²) in [5.41, 5.74) is 0. The molecular weight excluding hydrogens is 152 g/mol. The number of carboxylic acids is 1. The Morgan fingerprint density at radius 2 is 2.08 bits per heavy atom. The van der Waals surface area contributed by atoms with Crippen molar-refractivity contribution < 1.29 is 9.90 Å². The Hall–Kier alpha value is -0.970. The highest BCUT2D eigenvalue weighted by molar-refractivity contribution is 5.86. The van der Waals surface area contributed by atoms with Crippen LogP contribution in [0.5, 0.6) is 0 Å². The fourth-order valence-electron chi connectivity index (χ4n) is 1.71. The van der Waals surface area contributed by atoms with Gasteiger partial charge in [-0.15, -0.1) is 0 Å². The quantitative estimate of drug-likeness (QED) is 0.637. The summed E-state index contributed by atoms with van der Waals surface area (Å²) >= 11 is 0. The van der Waals surface area contributed by atoms with E-state index in [0.717, 1.165) is 18.8 Å². The number of carboxylic acid groups (broad SMARTS) is 1. The van der Waals surface area contributed by atoms with E-state index in [-0.39, 0.29) is 0 Å². The summed E-state index contributed by atoms with van der Waals surface area (Å²) in [6, 6.07) is 0. The molecule has 66 valence electrons. The average Bonchev–Trinajstić information content (AvgIpc) is 2.49. The maximum absolute atomic E-state index is 10.0. The summed E-state index contributed by atoms with van der Waals surface area (Å²) in [5.74, 6) is 4.60. The van der Waals surface area contributed by atoms with Crippen molar-refractivity contribution in [2.24, 2.45) is 5.92 Å². The van der Waals surface area contributed by atoms with E-state index < -0.39 is 5.97 Å². The summed E-state index contributed by atoms with van der Waals surface area (Å²) in [6.07, 6.45) is 7.15. The van der Waals surface area contributed by atoms with Crippen molar-refractivity contribution in [1.29, 1.82) is 0 Å². The predicted molar refractivity (Wildman–Crippen MR) is 46.6 cm³/mol. The normalized spacial score (nSPS) is 17.0. The molecule has 0 unspecified atom stereocenters. The van der Waals surface area contributed by atoms with Gasteiger partial charge in [-0.2, -0.15) is 0 Å². The molecule has 1 aliphatic rings. The van der Waals surface area contributed by atoms with Crippen LogP contribution >= 0.6 is 0 Å². The average molecular weight is 166 g/mol. The Balaban J connectivity index is 2.10. The highest BCUT2D eigenvalue weighted by Gasteiger charge is 2.13. The van der Waals surface area contributed by atoms with E-state index in [1.54, 1.807) is 0 Å². The molecule has 1 fully saturated rings. The van der Waals surface area contributed by atoms with Crippen LogP contribution in [0.15, 0.2) is 0 Å². The lowest BCUT2D eigenvalue weighted by Gasteiger charge is -2.03. The van der Waals surface area contributed by atoms with Crippen LogP contribution in [0.2, 0.25) is 0 Å². The van der Waals surface area contributed by atoms with Crippen LogP contribution in [0.3, 0.4) is 0 Å². The molecule has 1 N–H and O–H groups in total. The van der Waals surface area contributed by atoms with Gasteiger partial charge in [0.2, 0.25) is 0 Å². The van der Waals surface area contributed by atoms with Gasteiger partial charge in [-0.05, 0) is 12.3 Å². The van der Waals surface area contributed by atoms with Crippen molar-refractivity contribution in [3.05, 3.63) is 0 Å². The first kappa shape index (κ1) is 9.12. The van der Waals surface area contributed by atoms with Gasteiger partial charge in [0.15, 0.2) is 0 Å². The van der Waals surface area contributed by atoms with Crippen LogP contribution in [0.1, 0.15) is 38.5 Å². The van der Waals surface area contributed by atoms with E-state index in [0.29, 0.717) is 0 Å². The van der Waals surface area contributed by atoms with Crippen LogP contribution in [-0.4, -0.2) is 11.1 Å². The first-order valence-electron chi connectivity index (χ1n) is 4.51. The fraction of sp³-hybridized carbons (Fsp3) is 0.700. The molecule has 0 heterocycles. The summed E-state index contributed by atoms with van der Waals surface area (Å²) in [7, 11) is 0. The SMILES string of the molecule is O=C(O)C#CCCC1CCCC1. The Morgan fingerprint density at radius 1 is 1.42 bits per heavy atom. The topological polar surface area (TPSA) is 37.3 Å². The zero-order valence-corrected chi connectivity index (χ0v) is 7.18. The number of aliphatic carboxylic acids is 1. The molecule has 0 aromatic carbocycles. The maximum atomic E-state index is 10.0. The standard InChI is InChI=1S/C10H14O2/c11-10(12)8-4-3-7-9-5-1-2-6-9/h9H,1-3,5-7H2,(H,11,12). The van der Waals surface area contributed by atoms with Crippen molar-refractivity contribution in [2.45, 2.75) is 38.5 Å². The molecule has 0 aliphatic heterocycles. The van der Waals surface area contributed by atoms with E-state index >= 15 is 0 Å². The smallest absolute Gasteiger partial charge is 0.381 e. The first-order valence-corrected chi connectivity index (χ1v) is 4.51. The van der Waals surface area contributed by atoms with Gasteiger partial charge >= 0.3 is 5.97 Å². The van der Waals surface area contributed by atoms with Crippen LogP contribution < -0.4 is 0 Å². The van der Waals surface area contributed by atoms with Gasteiger partial charge in [0, 0.05) is 12.3 Å². The van der Waals surface area contributed by atoms with Gasteiger partial charge in [-0.25, -0.2) is 4.79 Å². The molecule has 0 bridgehead atoms. The van der Waals surface area contributed by atoms with Crippen molar-refractivity contribution in [3.63, 3.8) is 0 Å². The second-order valence-corrected chi connectivity index (χ2v) is 3.30. The zero-order valence-electron chi connectivity index (χ0n) is 7.18. The minimum absolute atomic E-state index is 0.747. The summed E-state index contributed by atoms with van der Waals surface area (Å²) < 4.78 is 0. The molecule has 1 rings (SSSR count). The largest absolute Gasteiger partial charge is 0.472 e. The van der Waals surface area contributed by atoms with Crippen molar-refractivity contribution >= 4 is 5.97 Å². The minimum atomic E-state index is -1.01. The molecule has 2 nitrogen and oxygen atoms in total.